The molecule has 0 unspecified atom stereocenters. The van der Waals surface area contributed by atoms with Gasteiger partial charge in [0.2, 0.25) is 0 Å². The predicted molar refractivity (Wildman–Crippen MR) is 0 cm³/mol. The van der Waals surface area contributed by atoms with E-state index in [1.165, 1.54) is 0 Å². The van der Waals surface area contributed by atoms with Crippen molar-refractivity contribution in [1.82, 2.24) is 0 Å². The maximum Gasteiger partial charge on any atom is 0 e. The van der Waals surface area contributed by atoms with Crippen LogP contribution in [0, 0.1) is 0 Å². The molecule has 0 aliphatic carbocycles. The van der Waals surface area contributed by atoms with Crippen molar-refractivity contribution < 1.29 is 74.4 Å². The van der Waals surface area contributed by atoms with Crippen molar-refractivity contribution >= 4 is 0 Å². The zero-order valence-electron chi connectivity index (χ0n) is 1.68. The summed E-state index contributed by atoms with van der Waals surface area (Å²) in [5.41, 5.74) is 0. The van der Waals surface area contributed by atoms with Gasteiger partial charge in [-0.25, -0.2) is 0 Å². The van der Waals surface area contributed by atoms with Crippen molar-refractivity contribution in [3.8, 4) is 0 Å². The quantitative estimate of drug-likeness (QED) is 0.493. The molecule has 0 aromatic carbocycles. The third-order valence-corrected chi connectivity index (χ3v) is 0. The van der Waals surface area contributed by atoms with Gasteiger partial charge in [0.1, 0.15) is 0 Å². The fourth-order valence-electron chi connectivity index (χ4n) is 0. The summed E-state index contributed by atoms with van der Waals surface area (Å²) in [6, 6.07) is 0. The van der Waals surface area contributed by atoms with E-state index in [2.05, 4.69) is 0 Å². The minimum absolute atomic E-state index is 0. The molecule has 0 saturated heterocycles. The molecule has 4 heteroatoms. The van der Waals surface area contributed by atoms with Gasteiger partial charge in [-0.05, 0) is 0 Å². The van der Waals surface area contributed by atoms with E-state index in [1.54, 1.807) is 0 Å². The summed E-state index contributed by atoms with van der Waals surface area (Å²) < 4.78 is 0. The van der Waals surface area contributed by atoms with Crippen LogP contribution in [0.4, 0.5) is 0 Å². The molecule has 0 aromatic rings. The largest absolute Gasteiger partial charge is 0 e. The van der Waals surface area contributed by atoms with Crippen molar-refractivity contribution in [1.29, 1.82) is 0 Å². The van der Waals surface area contributed by atoms with E-state index in [1.807, 2.05) is 0 Å². The van der Waals surface area contributed by atoms with Crippen LogP contribution in [0.25, 0.3) is 0 Å². The SMILES string of the molecule is [Fe].[Mn].[Ti].[V]. The van der Waals surface area contributed by atoms with Crippen molar-refractivity contribution in [2.75, 3.05) is 0 Å². The second kappa shape index (κ2) is 18.4. The molecule has 0 N–H and O–H groups in total. The molecule has 0 bridgehead atoms. The van der Waals surface area contributed by atoms with Crippen LogP contribution in [0.1, 0.15) is 0 Å². The van der Waals surface area contributed by atoms with Crippen molar-refractivity contribution in [2.45, 2.75) is 0 Å². The second-order valence-corrected chi connectivity index (χ2v) is 0. The van der Waals surface area contributed by atoms with Gasteiger partial charge < -0.3 is 0 Å². The fourth-order valence-corrected chi connectivity index (χ4v) is 0. The average molecular weight is 210 g/mol. The van der Waals surface area contributed by atoms with Crippen LogP contribution < -0.4 is 0 Å². The van der Waals surface area contributed by atoms with Crippen LogP contribution in [0.5, 0.6) is 0 Å². The van der Waals surface area contributed by atoms with Crippen molar-refractivity contribution in [2.24, 2.45) is 0 Å². The zero-order valence-corrected chi connectivity index (χ0v) is 6.92. The first kappa shape index (κ1) is 33.0. The summed E-state index contributed by atoms with van der Waals surface area (Å²) in [4.78, 5) is 0. The molecule has 0 spiro atoms. The Bertz CT molecular complexity index is 8.00. The summed E-state index contributed by atoms with van der Waals surface area (Å²) in [7, 11) is 0. The molecular formula is FeMnTiV. The van der Waals surface area contributed by atoms with E-state index in [9.17, 15) is 0 Å². The monoisotopic (exact) mass is 210 g/mol. The summed E-state index contributed by atoms with van der Waals surface area (Å²) in [5.74, 6) is 0. The molecule has 0 saturated carbocycles. The van der Waals surface area contributed by atoms with Gasteiger partial charge in [0.25, 0.3) is 0 Å². The first-order chi connectivity index (χ1) is 0. The molecule has 0 heterocycles. The average Bonchev–Trinajstić information content (AvgIpc) is 0. The zero-order chi connectivity index (χ0) is 0. The first-order valence-electron chi connectivity index (χ1n) is 0. The molecule has 0 rings (SSSR count). The van der Waals surface area contributed by atoms with Gasteiger partial charge in [-0.3, -0.25) is 0 Å². The van der Waals surface area contributed by atoms with E-state index in [4.69, 9.17) is 0 Å². The Labute approximate surface area is 73.6 Å². The summed E-state index contributed by atoms with van der Waals surface area (Å²) >= 11 is 0. The van der Waals surface area contributed by atoms with Crippen LogP contribution >= 0.6 is 0 Å². The van der Waals surface area contributed by atoms with Crippen molar-refractivity contribution in [3.05, 3.63) is 0 Å². The van der Waals surface area contributed by atoms with Crippen LogP contribution in [0.3, 0.4) is 0 Å². The Morgan fingerprint density at radius 3 is 1.00 bits per heavy atom. The maximum absolute atomic E-state index is 0. The molecule has 0 aliphatic rings. The molecule has 0 nitrogen and oxygen atoms in total. The molecular weight excluding hydrogens is 210 g/mol. The molecule has 0 atom stereocenters. The predicted octanol–water partition coefficient (Wildman–Crippen LogP) is -0.0100. The molecule has 0 aliphatic heterocycles. The molecule has 24 valence electrons. The third kappa shape index (κ3) is 8.84. The van der Waals surface area contributed by atoms with Gasteiger partial charge in [0, 0.05) is 74.4 Å². The smallest absolute Gasteiger partial charge is 0 e. The van der Waals surface area contributed by atoms with Crippen LogP contribution in [0.2, 0.25) is 0 Å². The van der Waals surface area contributed by atoms with Gasteiger partial charge in [-0.15, -0.1) is 0 Å². The Balaban J connectivity index is 0. The van der Waals surface area contributed by atoms with Crippen molar-refractivity contribution in [3.63, 3.8) is 0 Å². The van der Waals surface area contributed by atoms with Gasteiger partial charge >= 0.3 is 0 Å². The Kier molecular flexibility index (Phi) is 152. The Morgan fingerprint density at radius 1 is 1.00 bits per heavy atom. The standard InChI is InChI=1S/Fe.Mn.Ti.V. The Hall–Kier alpha value is 2.34. The molecule has 0 aromatic heterocycles. The minimum Gasteiger partial charge on any atom is 0 e. The van der Waals surface area contributed by atoms with Gasteiger partial charge in [-0.1, -0.05) is 0 Å². The number of hydrogen-bond acceptors (Lipinski definition) is 0. The van der Waals surface area contributed by atoms with E-state index >= 15 is 0 Å². The molecule has 4 heavy (non-hydrogen) atoms. The van der Waals surface area contributed by atoms with Gasteiger partial charge in [-0.2, -0.15) is 0 Å². The number of hydrogen-bond donors (Lipinski definition) is 0. The van der Waals surface area contributed by atoms with E-state index in [-0.39, 0.29) is 74.4 Å². The molecule has 0 fully saturated rings. The van der Waals surface area contributed by atoms with E-state index in [0.29, 0.717) is 0 Å². The normalized spacial score (nSPS) is 0. The molecule has 0 amide bonds. The topological polar surface area (TPSA) is 0 Å². The summed E-state index contributed by atoms with van der Waals surface area (Å²) in [5, 5.41) is 0. The maximum atomic E-state index is 0. The number of rotatable bonds is 0. The second-order valence-electron chi connectivity index (χ2n) is 0. The van der Waals surface area contributed by atoms with Crippen LogP contribution in [0.15, 0.2) is 0 Å². The first-order valence-corrected chi connectivity index (χ1v) is 0. The molecule has 2 radical (unpaired) electrons. The van der Waals surface area contributed by atoms with Crippen LogP contribution in [-0.4, -0.2) is 0 Å². The fraction of sp³-hybridized carbons (Fsp3) is 0. The Morgan fingerprint density at radius 2 is 1.00 bits per heavy atom. The minimum atomic E-state index is 0. The van der Waals surface area contributed by atoms with E-state index < -0.39 is 0 Å². The van der Waals surface area contributed by atoms with Gasteiger partial charge in [0.15, 0.2) is 0 Å². The third-order valence-electron chi connectivity index (χ3n) is 0. The van der Waals surface area contributed by atoms with Gasteiger partial charge in [0.05, 0.1) is 0 Å². The van der Waals surface area contributed by atoms with E-state index in [0.717, 1.165) is 0 Å². The van der Waals surface area contributed by atoms with Crippen LogP contribution in [-0.2, 0) is 74.4 Å². The summed E-state index contributed by atoms with van der Waals surface area (Å²) in [6.07, 6.45) is 0. The summed E-state index contributed by atoms with van der Waals surface area (Å²) in [6.45, 7) is 0.